The highest BCUT2D eigenvalue weighted by molar-refractivity contribution is 7.86. The molecule has 1 N–H and O–H groups in total. The van der Waals surface area contributed by atoms with E-state index in [0.29, 0.717) is 5.75 Å². The first-order valence-electron chi connectivity index (χ1n) is 7.28. The molecule has 0 heterocycles. The molecule has 0 radical (unpaired) electrons. The molecule has 2 atom stereocenters. The highest BCUT2D eigenvalue weighted by Crippen LogP contribution is 2.14. The van der Waals surface area contributed by atoms with Gasteiger partial charge in [-0.3, -0.25) is 9.00 Å². The molecular weight excluding hydrogens is 336 g/mol. The summed E-state index contributed by atoms with van der Waals surface area (Å²) in [6.45, 7) is 1.62. The predicted molar refractivity (Wildman–Crippen MR) is 89.4 cm³/mol. The van der Waals surface area contributed by atoms with E-state index in [9.17, 15) is 17.8 Å². The normalized spacial score (nSPS) is 13.1. The summed E-state index contributed by atoms with van der Waals surface area (Å²) in [6, 6.07) is 11.2. The van der Waals surface area contributed by atoms with E-state index < -0.39 is 27.8 Å². The lowest BCUT2D eigenvalue weighted by atomic mass is 10.3. The summed E-state index contributed by atoms with van der Waals surface area (Å²) in [5.41, 5.74) is 0.0499. The molecular formula is C17H17F2NO3S. The minimum absolute atomic E-state index is 0.0499. The highest BCUT2D eigenvalue weighted by Gasteiger charge is 2.20. The number of amides is 1. The Morgan fingerprint density at radius 2 is 1.83 bits per heavy atom. The predicted octanol–water partition coefficient (Wildman–Crippen LogP) is 3.12. The van der Waals surface area contributed by atoms with Crippen LogP contribution in [0.5, 0.6) is 5.75 Å². The summed E-state index contributed by atoms with van der Waals surface area (Å²) < 4.78 is 43.7. The average Bonchev–Trinajstić information content (AvgIpc) is 2.58. The van der Waals surface area contributed by atoms with Crippen LogP contribution in [0.25, 0.3) is 0 Å². The average molecular weight is 353 g/mol. The molecule has 0 aromatic heterocycles. The Morgan fingerprint density at radius 1 is 1.17 bits per heavy atom. The molecule has 2 aromatic carbocycles. The molecule has 0 aliphatic rings. The number of halogens is 2. The molecule has 128 valence electrons. The number of ether oxygens (including phenoxy) is 1. The van der Waals surface area contributed by atoms with Gasteiger partial charge in [-0.1, -0.05) is 12.1 Å². The second kappa shape index (κ2) is 8.54. The van der Waals surface area contributed by atoms with Gasteiger partial charge in [-0.25, -0.2) is 8.78 Å². The number of anilines is 1. The summed E-state index contributed by atoms with van der Waals surface area (Å²) in [6.07, 6.45) is 0. The summed E-state index contributed by atoms with van der Waals surface area (Å²) in [4.78, 5) is 12.0. The third kappa shape index (κ3) is 5.13. The zero-order valence-electron chi connectivity index (χ0n) is 13.0. The fraction of sp³-hybridized carbons (Fsp3) is 0.235. The Hall–Kier alpha value is -2.28. The largest absolute Gasteiger partial charge is 0.493 e. The van der Waals surface area contributed by atoms with Crippen molar-refractivity contribution >= 4 is 22.4 Å². The number of hydrogen-bond acceptors (Lipinski definition) is 3. The van der Waals surface area contributed by atoms with Crippen LogP contribution in [0.4, 0.5) is 14.5 Å². The van der Waals surface area contributed by atoms with Crippen LogP contribution in [0.2, 0.25) is 0 Å². The molecule has 0 aliphatic carbocycles. The summed E-state index contributed by atoms with van der Waals surface area (Å²) >= 11 is 0. The molecule has 7 heteroatoms. The van der Waals surface area contributed by atoms with Crippen LogP contribution in [-0.4, -0.2) is 27.7 Å². The van der Waals surface area contributed by atoms with E-state index in [1.54, 1.807) is 6.07 Å². The maximum atomic E-state index is 13.5. The van der Waals surface area contributed by atoms with E-state index in [0.717, 1.165) is 0 Å². The van der Waals surface area contributed by atoms with Crippen molar-refractivity contribution in [2.75, 3.05) is 17.7 Å². The number of hydrogen-bond donors (Lipinski definition) is 1. The summed E-state index contributed by atoms with van der Waals surface area (Å²) in [5, 5.41) is 1.60. The van der Waals surface area contributed by atoms with Gasteiger partial charge in [-0.05, 0) is 43.3 Å². The van der Waals surface area contributed by atoms with Gasteiger partial charge in [0, 0.05) is 10.8 Å². The summed E-state index contributed by atoms with van der Waals surface area (Å²) in [7, 11) is -1.49. The van der Waals surface area contributed by atoms with Crippen molar-refractivity contribution in [3.05, 3.63) is 60.2 Å². The van der Waals surface area contributed by atoms with E-state index in [4.69, 9.17) is 4.74 Å². The van der Waals surface area contributed by atoms with Crippen LogP contribution in [0.3, 0.4) is 0 Å². The van der Waals surface area contributed by atoms with E-state index >= 15 is 0 Å². The molecule has 0 unspecified atom stereocenters. The van der Waals surface area contributed by atoms with Gasteiger partial charge >= 0.3 is 0 Å². The van der Waals surface area contributed by atoms with Crippen LogP contribution in [0, 0.1) is 11.6 Å². The lowest BCUT2D eigenvalue weighted by Gasteiger charge is -2.13. The number of nitrogens with one attached hydrogen (secondary N) is 1. The van der Waals surface area contributed by atoms with Crippen molar-refractivity contribution in [2.24, 2.45) is 0 Å². The molecule has 4 nitrogen and oxygen atoms in total. The van der Waals surface area contributed by atoms with Crippen molar-refractivity contribution in [3.8, 4) is 5.75 Å². The van der Waals surface area contributed by atoms with Crippen LogP contribution in [0.15, 0.2) is 48.5 Å². The first-order chi connectivity index (χ1) is 11.5. The number of carbonyl (C=O) groups excluding carboxylic acids is 1. The van der Waals surface area contributed by atoms with Crippen molar-refractivity contribution in [1.29, 1.82) is 0 Å². The summed E-state index contributed by atoms with van der Waals surface area (Å²) in [5.74, 6) is -0.867. The fourth-order valence-corrected chi connectivity index (χ4v) is 2.76. The van der Waals surface area contributed by atoms with Gasteiger partial charge in [-0.2, -0.15) is 0 Å². The molecule has 2 rings (SSSR count). The zero-order chi connectivity index (χ0) is 17.5. The van der Waals surface area contributed by atoms with Crippen molar-refractivity contribution < 1.29 is 22.5 Å². The topological polar surface area (TPSA) is 55.4 Å². The van der Waals surface area contributed by atoms with Gasteiger partial charge in [0.25, 0.3) is 0 Å². The molecule has 0 bridgehead atoms. The molecule has 0 aliphatic heterocycles. The Labute approximate surface area is 141 Å². The van der Waals surface area contributed by atoms with Gasteiger partial charge in [0.15, 0.2) is 0 Å². The quantitative estimate of drug-likeness (QED) is 0.832. The Kier molecular flexibility index (Phi) is 6.43. The van der Waals surface area contributed by atoms with Crippen LogP contribution in [-0.2, 0) is 15.6 Å². The first-order valence-corrected chi connectivity index (χ1v) is 8.66. The minimum Gasteiger partial charge on any atom is -0.493 e. The van der Waals surface area contributed by atoms with Crippen molar-refractivity contribution in [2.45, 2.75) is 12.2 Å². The highest BCUT2D eigenvalue weighted by atomic mass is 32.2. The molecule has 0 fully saturated rings. The van der Waals surface area contributed by atoms with Crippen molar-refractivity contribution in [1.82, 2.24) is 0 Å². The van der Waals surface area contributed by atoms with Gasteiger partial charge in [0.2, 0.25) is 5.91 Å². The third-order valence-corrected chi connectivity index (χ3v) is 4.83. The lowest BCUT2D eigenvalue weighted by Crippen LogP contribution is -2.31. The molecule has 2 aromatic rings. The third-order valence-electron chi connectivity index (χ3n) is 3.26. The molecule has 24 heavy (non-hydrogen) atoms. The SMILES string of the molecule is C[C@H](C(=O)Nc1ccccc1F)[S@@](=O)CCOc1ccc(F)cc1. The smallest absolute Gasteiger partial charge is 0.239 e. The Morgan fingerprint density at radius 3 is 2.50 bits per heavy atom. The zero-order valence-corrected chi connectivity index (χ0v) is 13.8. The van der Waals surface area contributed by atoms with Gasteiger partial charge < -0.3 is 10.1 Å². The van der Waals surface area contributed by atoms with E-state index in [-0.39, 0.29) is 23.9 Å². The van der Waals surface area contributed by atoms with Crippen LogP contribution < -0.4 is 10.1 Å². The maximum Gasteiger partial charge on any atom is 0.239 e. The lowest BCUT2D eigenvalue weighted by molar-refractivity contribution is -0.115. The molecule has 1 amide bonds. The molecule has 0 saturated heterocycles. The van der Waals surface area contributed by atoms with Crippen LogP contribution >= 0.6 is 0 Å². The van der Waals surface area contributed by atoms with Gasteiger partial charge in [-0.15, -0.1) is 0 Å². The first kappa shape index (κ1) is 18.1. The fourth-order valence-electron chi connectivity index (χ4n) is 1.87. The maximum absolute atomic E-state index is 13.5. The number of rotatable bonds is 7. The monoisotopic (exact) mass is 353 g/mol. The van der Waals surface area contributed by atoms with E-state index in [2.05, 4.69) is 5.32 Å². The van der Waals surface area contributed by atoms with Gasteiger partial charge in [0.1, 0.15) is 22.6 Å². The number of para-hydroxylation sites is 1. The van der Waals surface area contributed by atoms with E-state index in [1.807, 2.05) is 0 Å². The second-order valence-electron chi connectivity index (χ2n) is 5.00. The second-order valence-corrected chi connectivity index (χ2v) is 6.88. The standard InChI is InChI=1S/C17H17F2NO3S/c1-12(17(21)20-16-5-3-2-4-15(16)19)24(22)11-10-23-14-8-6-13(18)7-9-14/h2-9,12H,10-11H2,1H3,(H,20,21)/t12-,24+/m1/s1. The van der Waals surface area contributed by atoms with Gasteiger partial charge in [0.05, 0.1) is 18.0 Å². The van der Waals surface area contributed by atoms with E-state index in [1.165, 1.54) is 49.4 Å². The Bertz CT molecular complexity index is 722. The minimum atomic E-state index is -1.49. The van der Waals surface area contributed by atoms with Crippen LogP contribution in [0.1, 0.15) is 6.92 Å². The number of benzene rings is 2. The number of carbonyl (C=O) groups is 1. The Balaban J connectivity index is 1.82. The molecule has 0 saturated carbocycles. The van der Waals surface area contributed by atoms with Crippen molar-refractivity contribution in [3.63, 3.8) is 0 Å². The molecule has 0 spiro atoms.